The zero-order chi connectivity index (χ0) is 19.2. The second-order valence-corrected chi connectivity index (χ2v) is 7.14. The number of carbonyl (C=O) groups excluding carboxylic acids is 1. The van der Waals surface area contributed by atoms with Crippen molar-refractivity contribution in [3.63, 3.8) is 0 Å². The Morgan fingerprint density at radius 3 is 2.74 bits per heavy atom. The molecule has 0 saturated carbocycles. The quantitative estimate of drug-likeness (QED) is 0.487. The number of nitrogens with one attached hydrogen (secondary N) is 1. The Morgan fingerprint density at radius 2 is 2.04 bits per heavy atom. The van der Waals surface area contributed by atoms with Gasteiger partial charge in [0.05, 0.1) is 26.2 Å². The summed E-state index contributed by atoms with van der Waals surface area (Å²) in [6.07, 6.45) is 0. The third-order valence-electron chi connectivity index (χ3n) is 5.41. The van der Waals surface area contributed by atoms with Crippen molar-refractivity contribution in [2.24, 2.45) is 16.8 Å². The van der Waals surface area contributed by atoms with E-state index < -0.39 is 0 Å². The highest BCUT2D eigenvalue weighted by Gasteiger charge is 2.36. The number of para-hydroxylation sites is 1. The van der Waals surface area contributed by atoms with Gasteiger partial charge >= 0.3 is 5.97 Å². The monoisotopic (exact) mass is 374 g/mol. The highest BCUT2D eigenvalue weighted by molar-refractivity contribution is 5.82. The van der Waals surface area contributed by atoms with E-state index in [0.717, 1.165) is 38.8 Å². The van der Waals surface area contributed by atoms with Gasteiger partial charge < -0.3 is 24.6 Å². The van der Waals surface area contributed by atoms with Crippen LogP contribution in [-0.4, -0.2) is 70.4 Å². The van der Waals surface area contributed by atoms with Gasteiger partial charge in [-0.15, -0.1) is 0 Å². The lowest BCUT2D eigenvalue weighted by Crippen LogP contribution is -2.41. The van der Waals surface area contributed by atoms with E-state index >= 15 is 0 Å². The molecule has 0 spiro atoms. The molecule has 3 rings (SSSR count). The van der Waals surface area contributed by atoms with Crippen LogP contribution in [0.4, 0.5) is 5.69 Å². The van der Waals surface area contributed by atoms with Gasteiger partial charge in [-0.1, -0.05) is 25.1 Å². The molecule has 1 N–H and O–H groups in total. The van der Waals surface area contributed by atoms with Gasteiger partial charge in [0, 0.05) is 45.5 Å². The number of aliphatic imine (C=N–C) groups is 1. The lowest BCUT2D eigenvalue weighted by atomic mass is 9.99. The molecule has 1 aromatic rings. The number of morpholine rings is 1. The Bertz CT molecular complexity index is 673. The lowest BCUT2D eigenvalue weighted by Gasteiger charge is -2.31. The summed E-state index contributed by atoms with van der Waals surface area (Å²) in [7, 11) is 3.24. The van der Waals surface area contributed by atoms with Crippen molar-refractivity contribution in [3.05, 3.63) is 29.8 Å². The molecular weight excluding hydrogens is 344 g/mol. The highest BCUT2D eigenvalue weighted by Crippen LogP contribution is 2.25. The number of methoxy groups -OCH3 is 1. The van der Waals surface area contributed by atoms with Crippen LogP contribution in [0, 0.1) is 11.8 Å². The number of esters is 1. The normalized spacial score (nSPS) is 23.4. The first-order chi connectivity index (χ1) is 13.1. The fourth-order valence-electron chi connectivity index (χ4n) is 3.88. The summed E-state index contributed by atoms with van der Waals surface area (Å²) in [5.41, 5.74) is 2.48. The predicted octanol–water partition coefficient (Wildman–Crippen LogP) is 1.34. The maximum absolute atomic E-state index is 12.0. The number of nitrogens with zero attached hydrogens (tertiary/aromatic N) is 3. The molecular formula is C20H30N4O3. The van der Waals surface area contributed by atoms with E-state index in [-0.39, 0.29) is 17.8 Å². The van der Waals surface area contributed by atoms with Crippen LogP contribution < -0.4 is 10.2 Å². The molecule has 2 aliphatic rings. The smallest absolute Gasteiger partial charge is 0.310 e. The van der Waals surface area contributed by atoms with Gasteiger partial charge in [-0.05, 0) is 17.5 Å². The molecule has 2 heterocycles. The summed E-state index contributed by atoms with van der Waals surface area (Å²) in [4.78, 5) is 20.9. The van der Waals surface area contributed by atoms with Gasteiger partial charge in [0.2, 0.25) is 0 Å². The number of hydrogen-bond donors (Lipinski definition) is 1. The van der Waals surface area contributed by atoms with Crippen LogP contribution in [0.25, 0.3) is 0 Å². The van der Waals surface area contributed by atoms with Crippen LogP contribution in [0.15, 0.2) is 29.3 Å². The van der Waals surface area contributed by atoms with Crippen LogP contribution in [-0.2, 0) is 20.8 Å². The number of guanidine groups is 1. The highest BCUT2D eigenvalue weighted by atomic mass is 16.5. The Balaban J connectivity index is 1.65. The van der Waals surface area contributed by atoms with Gasteiger partial charge in [0.25, 0.3) is 0 Å². The molecule has 0 aromatic heterocycles. The van der Waals surface area contributed by atoms with Crippen molar-refractivity contribution in [1.29, 1.82) is 0 Å². The summed E-state index contributed by atoms with van der Waals surface area (Å²) in [5, 5.41) is 3.47. The number of carbonyl (C=O) groups is 1. The van der Waals surface area contributed by atoms with Crippen LogP contribution >= 0.6 is 0 Å². The predicted molar refractivity (Wildman–Crippen MR) is 106 cm³/mol. The molecule has 2 unspecified atom stereocenters. The molecule has 1 aromatic carbocycles. The average molecular weight is 374 g/mol. The van der Waals surface area contributed by atoms with Crippen LogP contribution in [0.1, 0.15) is 12.5 Å². The van der Waals surface area contributed by atoms with Crippen molar-refractivity contribution in [2.45, 2.75) is 13.5 Å². The van der Waals surface area contributed by atoms with E-state index in [1.165, 1.54) is 18.4 Å². The number of hydrogen-bond acceptors (Lipinski definition) is 5. The van der Waals surface area contributed by atoms with Crippen LogP contribution in [0.5, 0.6) is 0 Å². The van der Waals surface area contributed by atoms with E-state index in [1.807, 2.05) is 0 Å². The van der Waals surface area contributed by atoms with E-state index in [4.69, 9.17) is 9.47 Å². The first-order valence-electron chi connectivity index (χ1n) is 9.58. The van der Waals surface area contributed by atoms with Gasteiger partial charge in [0.15, 0.2) is 5.96 Å². The summed E-state index contributed by atoms with van der Waals surface area (Å²) in [5.74, 6) is 0.828. The van der Waals surface area contributed by atoms with Crippen LogP contribution in [0.3, 0.4) is 0 Å². The first kappa shape index (κ1) is 19.5. The first-order valence-corrected chi connectivity index (χ1v) is 9.58. The van der Waals surface area contributed by atoms with E-state index in [9.17, 15) is 4.79 Å². The molecule has 27 heavy (non-hydrogen) atoms. The minimum Gasteiger partial charge on any atom is -0.469 e. The van der Waals surface area contributed by atoms with Gasteiger partial charge in [-0.3, -0.25) is 9.79 Å². The Kier molecular flexibility index (Phi) is 6.55. The minimum absolute atomic E-state index is 0.103. The molecule has 0 radical (unpaired) electrons. The summed E-state index contributed by atoms with van der Waals surface area (Å²) < 4.78 is 10.4. The Hall–Kier alpha value is -2.28. The molecule has 7 heteroatoms. The molecule has 0 amide bonds. The summed E-state index contributed by atoms with van der Waals surface area (Å²) in [6.45, 7) is 7.57. The summed E-state index contributed by atoms with van der Waals surface area (Å²) >= 11 is 0. The molecule has 2 atom stereocenters. The SMILES string of the molecule is CN=C(NCc1ccccc1N1CCOCC1)N1CC(C)C(C(=O)OC)C1. The lowest BCUT2D eigenvalue weighted by molar-refractivity contribution is -0.145. The molecule has 7 nitrogen and oxygen atoms in total. The van der Waals surface area contributed by atoms with Gasteiger partial charge in [-0.25, -0.2) is 0 Å². The Morgan fingerprint density at radius 1 is 1.30 bits per heavy atom. The maximum Gasteiger partial charge on any atom is 0.310 e. The van der Waals surface area contributed by atoms with Crippen LogP contribution in [0.2, 0.25) is 0 Å². The third-order valence-corrected chi connectivity index (χ3v) is 5.41. The standard InChI is InChI=1S/C20H30N4O3/c1-15-13-24(14-17(15)19(25)26-3)20(21-2)22-12-16-6-4-5-7-18(16)23-8-10-27-11-9-23/h4-7,15,17H,8-14H2,1-3H3,(H,21,22). The van der Waals surface area contributed by atoms with E-state index in [1.54, 1.807) is 7.05 Å². The number of ether oxygens (including phenoxy) is 2. The number of rotatable bonds is 4. The second kappa shape index (κ2) is 9.08. The fourth-order valence-corrected chi connectivity index (χ4v) is 3.88. The van der Waals surface area contributed by atoms with Crippen molar-refractivity contribution >= 4 is 17.6 Å². The van der Waals surface area contributed by atoms with Gasteiger partial charge in [0.1, 0.15) is 0 Å². The fraction of sp³-hybridized carbons (Fsp3) is 0.600. The average Bonchev–Trinajstić information content (AvgIpc) is 3.10. The summed E-state index contributed by atoms with van der Waals surface area (Å²) in [6, 6.07) is 8.45. The Labute approximate surface area is 161 Å². The maximum atomic E-state index is 12.0. The molecule has 2 aliphatic heterocycles. The van der Waals surface area contributed by atoms with Crippen molar-refractivity contribution in [2.75, 3.05) is 58.5 Å². The van der Waals surface area contributed by atoms with Crippen molar-refractivity contribution < 1.29 is 14.3 Å². The van der Waals surface area contributed by atoms with Gasteiger partial charge in [-0.2, -0.15) is 0 Å². The van der Waals surface area contributed by atoms with Crippen molar-refractivity contribution in [1.82, 2.24) is 10.2 Å². The van der Waals surface area contributed by atoms with E-state index in [2.05, 4.69) is 51.3 Å². The number of benzene rings is 1. The molecule has 2 saturated heterocycles. The number of likely N-dealkylation sites (tertiary alicyclic amines) is 1. The van der Waals surface area contributed by atoms with E-state index in [0.29, 0.717) is 13.1 Å². The third kappa shape index (κ3) is 4.53. The topological polar surface area (TPSA) is 66.4 Å². The molecule has 2 fully saturated rings. The largest absolute Gasteiger partial charge is 0.469 e. The molecule has 148 valence electrons. The number of anilines is 1. The molecule has 0 bridgehead atoms. The van der Waals surface area contributed by atoms with Crippen molar-refractivity contribution in [3.8, 4) is 0 Å². The minimum atomic E-state index is -0.141. The second-order valence-electron chi connectivity index (χ2n) is 7.14. The zero-order valence-corrected chi connectivity index (χ0v) is 16.5. The molecule has 0 aliphatic carbocycles. The zero-order valence-electron chi connectivity index (χ0n) is 16.5.